The van der Waals surface area contributed by atoms with Crippen molar-refractivity contribution in [1.82, 2.24) is 0 Å². The molecule has 0 radical (unpaired) electrons. The van der Waals surface area contributed by atoms with E-state index in [9.17, 15) is 5.11 Å². The Labute approximate surface area is 173 Å². The first-order chi connectivity index (χ1) is 13.8. The molecular weight excluding hydrogens is 364 g/mol. The third kappa shape index (κ3) is 8.51. The van der Waals surface area contributed by atoms with E-state index in [0.29, 0.717) is 11.3 Å². The number of rotatable bonds is 8. The summed E-state index contributed by atoms with van der Waals surface area (Å²) in [4.78, 5) is 1.20. The molecule has 0 aliphatic heterocycles. The fourth-order valence-corrected chi connectivity index (χ4v) is 3.10. The molecule has 2 nitrogen and oxygen atoms in total. The van der Waals surface area contributed by atoms with Crippen LogP contribution >= 0.6 is 11.8 Å². The van der Waals surface area contributed by atoms with Crippen LogP contribution in [0.3, 0.4) is 0 Å². The molecule has 0 heterocycles. The average molecular weight is 391 g/mol. The Balaban J connectivity index is 2.01. The van der Waals surface area contributed by atoms with Crippen LogP contribution < -0.4 is 0 Å². The molecule has 0 spiro atoms. The number of hydrogen-bond donors (Lipinski definition) is 1. The second kappa shape index (κ2) is 13.7. The van der Waals surface area contributed by atoms with Crippen molar-refractivity contribution in [2.45, 2.75) is 30.3 Å². The van der Waals surface area contributed by atoms with Gasteiger partial charge in [-0.25, -0.2) is 0 Å². The van der Waals surface area contributed by atoms with E-state index in [0.717, 1.165) is 31.4 Å². The summed E-state index contributed by atoms with van der Waals surface area (Å²) in [6, 6.07) is 19.7. The largest absolute Gasteiger partial charge is 0.385 e. The van der Waals surface area contributed by atoms with Crippen molar-refractivity contribution in [1.29, 1.82) is 0 Å². The zero-order valence-electron chi connectivity index (χ0n) is 16.2. The number of thioether (sulfide) groups is 1. The van der Waals surface area contributed by atoms with Gasteiger partial charge in [0.2, 0.25) is 0 Å². The molecule has 0 bridgehead atoms. The zero-order valence-corrected chi connectivity index (χ0v) is 17.0. The van der Waals surface area contributed by atoms with Crippen LogP contribution in [-0.4, -0.2) is 24.6 Å². The Hall–Kier alpha value is -2.43. The van der Waals surface area contributed by atoms with Crippen molar-refractivity contribution in [3.63, 3.8) is 0 Å². The Morgan fingerprint density at radius 3 is 2.46 bits per heavy atom. The van der Waals surface area contributed by atoms with Crippen LogP contribution in [-0.2, 0) is 4.74 Å². The van der Waals surface area contributed by atoms with E-state index in [4.69, 9.17) is 4.74 Å². The van der Waals surface area contributed by atoms with Crippen molar-refractivity contribution in [2.75, 3.05) is 19.5 Å². The summed E-state index contributed by atoms with van der Waals surface area (Å²) >= 11 is 1.69. The fraction of sp³-hybridized carbons (Fsp3) is 0.280. The molecule has 0 saturated carbocycles. The Bertz CT molecular complexity index is 836. The van der Waals surface area contributed by atoms with E-state index in [1.54, 1.807) is 24.9 Å². The van der Waals surface area contributed by atoms with E-state index >= 15 is 0 Å². The van der Waals surface area contributed by atoms with Crippen molar-refractivity contribution >= 4 is 11.8 Å². The van der Waals surface area contributed by atoms with Gasteiger partial charge in [-0.1, -0.05) is 72.2 Å². The van der Waals surface area contributed by atoms with Gasteiger partial charge in [0.25, 0.3) is 0 Å². The first kappa shape index (κ1) is 21.9. The van der Waals surface area contributed by atoms with Gasteiger partial charge >= 0.3 is 0 Å². The maximum atomic E-state index is 10.7. The Morgan fingerprint density at radius 2 is 1.75 bits per heavy atom. The van der Waals surface area contributed by atoms with Gasteiger partial charge < -0.3 is 9.84 Å². The lowest BCUT2D eigenvalue weighted by molar-refractivity contribution is 0.193. The van der Waals surface area contributed by atoms with Gasteiger partial charge in [-0.15, -0.1) is 11.8 Å². The summed E-state index contributed by atoms with van der Waals surface area (Å²) in [5.74, 6) is 13.1. The molecule has 0 fully saturated rings. The Kier molecular flexibility index (Phi) is 10.7. The van der Waals surface area contributed by atoms with E-state index in [1.807, 2.05) is 48.5 Å². The van der Waals surface area contributed by atoms with Crippen LogP contribution in [0.25, 0.3) is 0 Å². The number of methoxy groups -OCH3 is 1. The third-order valence-corrected chi connectivity index (χ3v) is 4.82. The standard InChI is InChI=1S/C25H26O2S/c1-27-20-12-3-2-6-14-23(25(26)22-15-7-4-8-16-22)17-11-13-21-28-24-18-9-5-10-19-24/h4-5,7-10,15-19,25-26H,2-3,12,20-21H2,1H3/b23-17-. The lowest BCUT2D eigenvalue weighted by Gasteiger charge is -2.09. The number of ether oxygens (including phenoxy) is 1. The highest BCUT2D eigenvalue weighted by Gasteiger charge is 2.10. The molecule has 1 unspecified atom stereocenters. The van der Waals surface area contributed by atoms with Crippen molar-refractivity contribution < 1.29 is 9.84 Å². The summed E-state index contributed by atoms with van der Waals surface area (Å²) < 4.78 is 5.05. The molecule has 0 aromatic heterocycles. The van der Waals surface area contributed by atoms with Crippen LogP contribution in [0.4, 0.5) is 0 Å². The first-order valence-electron chi connectivity index (χ1n) is 9.38. The number of aliphatic hydroxyl groups excluding tert-OH is 1. The highest BCUT2D eigenvalue weighted by atomic mass is 32.2. The summed E-state index contributed by atoms with van der Waals surface area (Å²) in [5, 5.41) is 10.7. The van der Waals surface area contributed by atoms with Crippen LogP contribution in [0.15, 0.2) is 77.2 Å². The average Bonchev–Trinajstić information content (AvgIpc) is 2.75. The van der Waals surface area contributed by atoms with Gasteiger partial charge in [0.05, 0.1) is 5.75 Å². The first-order valence-corrected chi connectivity index (χ1v) is 10.4. The van der Waals surface area contributed by atoms with Crippen molar-refractivity contribution in [3.8, 4) is 23.7 Å². The molecule has 144 valence electrons. The number of allylic oxidation sites excluding steroid dienone is 1. The summed E-state index contributed by atoms with van der Waals surface area (Å²) in [6.07, 6.45) is 3.73. The lowest BCUT2D eigenvalue weighted by atomic mass is 10.0. The van der Waals surface area contributed by atoms with Crippen molar-refractivity contribution in [3.05, 3.63) is 77.9 Å². The number of benzene rings is 2. The van der Waals surface area contributed by atoms with Gasteiger partial charge in [-0.05, 0) is 30.5 Å². The van der Waals surface area contributed by atoms with E-state index < -0.39 is 6.10 Å². The van der Waals surface area contributed by atoms with Crippen molar-refractivity contribution in [2.24, 2.45) is 0 Å². The van der Waals surface area contributed by atoms with E-state index in [1.165, 1.54) is 4.90 Å². The summed E-state index contributed by atoms with van der Waals surface area (Å²) in [6.45, 7) is 0.752. The summed E-state index contributed by atoms with van der Waals surface area (Å²) in [7, 11) is 1.71. The molecule has 1 N–H and O–H groups in total. The minimum atomic E-state index is -0.760. The van der Waals surface area contributed by atoms with E-state index in [-0.39, 0.29) is 0 Å². The van der Waals surface area contributed by atoms with E-state index in [2.05, 4.69) is 35.8 Å². The van der Waals surface area contributed by atoms with Gasteiger partial charge in [-0.3, -0.25) is 0 Å². The lowest BCUT2D eigenvalue weighted by Crippen LogP contribution is -2.00. The van der Waals surface area contributed by atoms with Crippen LogP contribution in [0, 0.1) is 23.7 Å². The molecule has 0 amide bonds. The molecule has 28 heavy (non-hydrogen) atoms. The molecule has 2 aromatic carbocycles. The molecule has 3 heteroatoms. The molecule has 1 atom stereocenters. The highest BCUT2D eigenvalue weighted by Crippen LogP contribution is 2.20. The summed E-state index contributed by atoms with van der Waals surface area (Å²) in [5.41, 5.74) is 1.46. The second-order valence-electron chi connectivity index (χ2n) is 6.09. The van der Waals surface area contributed by atoms with Crippen LogP contribution in [0.2, 0.25) is 0 Å². The number of aliphatic hydroxyl groups is 1. The third-order valence-electron chi connectivity index (χ3n) is 3.93. The fourth-order valence-electron chi connectivity index (χ4n) is 2.43. The predicted octanol–water partition coefficient (Wildman–Crippen LogP) is 5.26. The smallest absolute Gasteiger partial charge is 0.112 e. The minimum absolute atomic E-state index is 0.634. The molecule has 2 rings (SSSR count). The van der Waals surface area contributed by atoms with Crippen LogP contribution in [0.5, 0.6) is 0 Å². The minimum Gasteiger partial charge on any atom is -0.385 e. The van der Waals surface area contributed by atoms with Gasteiger partial charge in [0, 0.05) is 36.7 Å². The monoisotopic (exact) mass is 390 g/mol. The van der Waals surface area contributed by atoms with Gasteiger partial charge in [0.1, 0.15) is 6.10 Å². The maximum absolute atomic E-state index is 10.7. The molecule has 0 aliphatic rings. The Morgan fingerprint density at radius 1 is 1.04 bits per heavy atom. The predicted molar refractivity (Wildman–Crippen MR) is 118 cm³/mol. The normalized spacial score (nSPS) is 11.7. The quantitative estimate of drug-likeness (QED) is 0.379. The number of unbranched alkanes of at least 4 members (excludes halogenated alkanes) is 2. The SMILES string of the molecule is COCCCCC#C/C(=C/C#CCSc1ccccc1)C(O)c1ccccc1. The molecule has 0 aliphatic carbocycles. The van der Waals surface area contributed by atoms with Crippen LogP contribution in [0.1, 0.15) is 30.9 Å². The second-order valence-corrected chi connectivity index (χ2v) is 7.14. The highest BCUT2D eigenvalue weighted by molar-refractivity contribution is 7.99. The topological polar surface area (TPSA) is 29.5 Å². The molecule has 0 saturated heterocycles. The molecule has 2 aromatic rings. The maximum Gasteiger partial charge on any atom is 0.112 e. The van der Waals surface area contributed by atoms with Gasteiger partial charge in [0.15, 0.2) is 0 Å². The number of hydrogen-bond acceptors (Lipinski definition) is 3. The van der Waals surface area contributed by atoms with Gasteiger partial charge in [-0.2, -0.15) is 0 Å². The zero-order chi connectivity index (χ0) is 19.9. The molecular formula is C25H26O2S.